The number of amides is 2. The number of hydrogen-bond donors (Lipinski definition) is 0. The molecule has 158 valence electrons. The second kappa shape index (κ2) is 8.10. The van der Waals surface area contributed by atoms with Crippen molar-refractivity contribution in [2.24, 2.45) is 5.41 Å². The van der Waals surface area contributed by atoms with Crippen LogP contribution in [0, 0.1) is 5.41 Å². The lowest BCUT2D eigenvalue weighted by atomic mass is 9.91. The van der Waals surface area contributed by atoms with Crippen LogP contribution in [0.4, 0.5) is 0 Å². The van der Waals surface area contributed by atoms with Crippen LogP contribution in [0.25, 0.3) is 0 Å². The summed E-state index contributed by atoms with van der Waals surface area (Å²) in [4.78, 5) is 32.5. The first-order chi connectivity index (χ1) is 13.8. The summed E-state index contributed by atoms with van der Waals surface area (Å²) in [5.74, 6) is 0.382. The Morgan fingerprint density at radius 1 is 1.00 bits per heavy atom. The van der Waals surface area contributed by atoms with Crippen molar-refractivity contribution in [2.75, 3.05) is 32.7 Å². The minimum Gasteiger partial charge on any atom is -0.338 e. The number of hydrogen-bond acceptors (Lipinski definition) is 3. The van der Waals surface area contributed by atoms with Gasteiger partial charge in [0.05, 0.1) is 0 Å². The molecule has 3 heterocycles. The number of likely N-dealkylation sites (tertiary alicyclic amines) is 2. The van der Waals surface area contributed by atoms with Crippen LogP contribution in [0.5, 0.6) is 0 Å². The maximum Gasteiger partial charge on any atom is 0.254 e. The summed E-state index contributed by atoms with van der Waals surface area (Å²) < 4.78 is 0. The summed E-state index contributed by atoms with van der Waals surface area (Å²) in [5, 5.41) is 0. The molecule has 4 rings (SSSR count). The minimum atomic E-state index is -0.354. The zero-order valence-corrected chi connectivity index (χ0v) is 18.2. The van der Waals surface area contributed by atoms with Crippen molar-refractivity contribution < 1.29 is 9.59 Å². The molecule has 0 spiro atoms. The van der Waals surface area contributed by atoms with E-state index in [4.69, 9.17) is 0 Å². The van der Waals surface area contributed by atoms with Crippen LogP contribution < -0.4 is 0 Å². The SMILES string of the molecule is CC(C)(C)C(=O)N1CCc2cc(C(=O)N3CCCC3CN3CCCC3)ccc2C1. The van der Waals surface area contributed by atoms with Crippen molar-refractivity contribution in [3.63, 3.8) is 0 Å². The molecule has 1 aromatic carbocycles. The zero-order valence-electron chi connectivity index (χ0n) is 18.2. The fourth-order valence-corrected chi connectivity index (χ4v) is 5.06. The maximum absolute atomic E-state index is 13.3. The molecule has 2 fully saturated rings. The molecule has 5 nitrogen and oxygen atoms in total. The van der Waals surface area contributed by atoms with Gasteiger partial charge >= 0.3 is 0 Å². The Morgan fingerprint density at radius 3 is 2.48 bits per heavy atom. The predicted octanol–water partition coefficient (Wildman–Crippen LogP) is 3.32. The Balaban J connectivity index is 1.45. The Hall–Kier alpha value is -1.88. The molecule has 0 bridgehead atoms. The van der Waals surface area contributed by atoms with Crippen LogP contribution in [0.2, 0.25) is 0 Å². The highest BCUT2D eigenvalue weighted by molar-refractivity contribution is 5.95. The first-order valence-electron chi connectivity index (χ1n) is 11.3. The van der Waals surface area contributed by atoms with Gasteiger partial charge in [0, 0.05) is 43.2 Å². The Bertz CT molecular complexity index is 777. The summed E-state index contributed by atoms with van der Waals surface area (Å²) >= 11 is 0. The average molecular weight is 398 g/mol. The molecule has 1 aromatic rings. The predicted molar refractivity (Wildman–Crippen MR) is 115 cm³/mol. The van der Waals surface area contributed by atoms with Gasteiger partial charge in [-0.25, -0.2) is 0 Å². The fourth-order valence-electron chi connectivity index (χ4n) is 5.06. The van der Waals surface area contributed by atoms with Gasteiger partial charge in [0.2, 0.25) is 5.91 Å². The largest absolute Gasteiger partial charge is 0.338 e. The van der Waals surface area contributed by atoms with Crippen molar-refractivity contribution >= 4 is 11.8 Å². The highest BCUT2D eigenvalue weighted by atomic mass is 16.2. The number of benzene rings is 1. The minimum absolute atomic E-state index is 0.183. The van der Waals surface area contributed by atoms with E-state index in [1.807, 2.05) is 31.7 Å². The van der Waals surface area contributed by atoms with E-state index in [1.165, 1.54) is 37.1 Å². The summed E-state index contributed by atoms with van der Waals surface area (Å²) in [6, 6.07) is 6.48. The van der Waals surface area contributed by atoms with Crippen molar-refractivity contribution in [3.05, 3.63) is 34.9 Å². The molecule has 2 amide bonds. The van der Waals surface area contributed by atoms with E-state index < -0.39 is 0 Å². The van der Waals surface area contributed by atoms with Gasteiger partial charge in [-0.2, -0.15) is 0 Å². The van der Waals surface area contributed by atoms with Crippen LogP contribution in [-0.4, -0.2) is 65.3 Å². The third kappa shape index (κ3) is 4.35. The Labute approximate surface area is 175 Å². The molecule has 1 unspecified atom stereocenters. The molecule has 0 aromatic heterocycles. The number of carbonyl (C=O) groups excluding carboxylic acids is 2. The Morgan fingerprint density at radius 2 is 1.76 bits per heavy atom. The van der Waals surface area contributed by atoms with E-state index in [9.17, 15) is 9.59 Å². The van der Waals surface area contributed by atoms with Crippen molar-refractivity contribution in [3.8, 4) is 0 Å². The lowest BCUT2D eigenvalue weighted by Crippen LogP contribution is -2.43. The molecule has 5 heteroatoms. The van der Waals surface area contributed by atoms with Crippen molar-refractivity contribution in [1.82, 2.24) is 14.7 Å². The van der Waals surface area contributed by atoms with Crippen LogP contribution >= 0.6 is 0 Å². The smallest absolute Gasteiger partial charge is 0.254 e. The van der Waals surface area contributed by atoms with Crippen LogP contribution in [0.15, 0.2) is 18.2 Å². The standard InChI is InChI=1S/C24H35N3O2/c1-24(2,3)23(29)26-14-10-18-15-19(8-9-20(18)16-26)22(28)27-13-6-7-21(27)17-25-11-4-5-12-25/h8-9,15,21H,4-7,10-14,16-17H2,1-3H3. The third-order valence-corrected chi connectivity index (χ3v) is 6.70. The van der Waals surface area contributed by atoms with E-state index in [2.05, 4.69) is 21.9 Å². The van der Waals surface area contributed by atoms with E-state index >= 15 is 0 Å². The van der Waals surface area contributed by atoms with Crippen LogP contribution in [-0.2, 0) is 17.8 Å². The van der Waals surface area contributed by atoms with E-state index in [-0.39, 0.29) is 17.2 Å². The molecule has 2 saturated heterocycles. The number of rotatable bonds is 3. The normalized spacial score (nSPS) is 22.8. The zero-order chi connectivity index (χ0) is 20.6. The molecule has 0 N–H and O–H groups in total. The van der Waals surface area contributed by atoms with Gasteiger partial charge in [0.15, 0.2) is 0 Å². The number of carbonyl (C=O) groups is 2. The second-order valence-corrected chi connectivity index (χ2v) is 10.0. The van der Waals surface area contributed by atoms with E-state index in [0.29, 0.717) is 12.6 Å². The number of fused-ring (bicyclic) bond motifs is 1. The van der Waals surface area contributed by atoms with E-state index in [1.54, 1.807) is 0 Å². The van der Waals surface area contributed by atoms with Crippen LogP contribution in [0.1, 0.15) is 67.9 Å². The topological polar surface area (TPSA) is 43.9 Å². The molecule has 0 aliphatic carbocycles. The lowest BCUT2D eigenvalue weighted by molar-refractivity contribution is -0.140. The van der Waals surface area contributed by atoms with Gasteiger partial charge in [0.1, 0.15) is 0 Å². The average Bonchev–Trinajstić information content (AvgIpc) is 3.38. The van der Waals surface area contributed by atoms with Crippen LogP contribution in [0.3, 0.4) is 0 Å². The van der Waals surface area contributed by atoms with Crippen molar-refractivity contribution in [1.29, 1.82) is 0 Å². The molecule has 0 saturated carbocycles. The Kier molecular flexibility index (Phi) is 5.69. The summed E-state index contributed by atoms with van der Waals surface area (Å²) in [6.07, 6.45) is 5.64. The summed E-state index contributed by atoms with van der Waals surface area (Å²) in [7, 11) is 0. The van der Waals surface area contributed by atoms with Gasteiger partial charge < -0.3 is 14.7 Å². The molecule has 1 atom stereocenters. The maximum atomic E-state index is 13.3. The first-order valence-corrected chi connectivity index (χ1v) is 11.3. The molecular weight excluding hydrogens is 362 g/mol. The fraction of sp³-hybridized carbons (Fsp3) is 0.667. The van der Waals surface area contributed by atoms with Crippen molar-refractivity contribution in [2.45, 2.75) is 65.5 Å². The monoisotopic (exact) mass is 397 g/mol. The first kappa shape index (κ1) is 20.4. The molecular formula is C24H35N3O2. The quantitative estimate of drug-likeness (QED) is 0.786. The second-order valence-electron chi connectivity index (χ2n) is 10.0. The van der Waals surface area contributed by atoms with Gasteiger partial charge in [-0.15, -0.1) is 0 Å². The highest BCUT2D eigenvalue weighted by Crippen LogP contribution is 2.27. The third-order valence-electron chi connectivity index (χ3n) is 6.70. The van der Waals surface area contributed by atoms with Gasteiger partial charge in [0.25, 0.3) is 5.91 Å². The highest BCUT2D eigenvalue weighted by Gasteiger charge is 2.33. The summed E-state index contributed by atoms with van der Waals surface area (Å²) in [6.45, 7) is 11.6. The van der Waals surface area contributed by atoms with E-state index in [0.717, 1.165) is 44.5 Å². The molecule has 3 aliphatic rings. The van der Waals surface area contributed by atoms with Gasteiger partial charge in [-0.3, -0.25) is 9.59 Å². The summed E-state index contributed by atoms with van der Waals surface area (Å²) in [5.41, 5.74) is 2.87. The number of nitrogens with zero attached hydrogens (tertiary/aromatic N) is 3. The van der Waals surface area contributed by atoms with Gasteiger partial charge in [-0.1, -0.05) is 26.8 Å². The molecule has 3 aliphatic heterocycles. The lowest BCUT2D eigenvalue weighted by Gasteiger charge is -2.34. The van der Waals surface area contributed by atoms with Gasteiger partial charge in [-0.05, 0) is 68.5 Å². The molecule has 0 radical (unpaired) electrons. The molecule has 29 heavy (non-hydrogen) atoms.